The number of hydrogen-bond donors (Lipinski definition) is 0. The first-order chi connectivity index (χ1) is 15.6. The summed E-state index contributed by atoms with van der Waals surface area (Å²) in [6.07, 6.45) is 1.26. The summed E-state index contributed by atoms with van der Waals surface area (Å²) in [5.41, 5.74) is 1.77. The summed E-state index contributed by atoms with van der Waals surface area (Å²) in [6, 6.07) is 20.3. The molecule has 0 aliphatic carbocycles. The maximum absolute atomic E-state index is 13.0. The zero-order valence-corrected chi connectivity index (χ0v) is 20.5. The molecule has 1 heterocycles. The molecule has 3 atom stereocenters. The van der Waals surface area contributed by atoms with Crippen molar-refractivity contribution in [2.75, 3.05) is 0 Å². The number of carbonyl (C=O) groups is 1. The molecule has 0 spiro atoms. The van der Waals surface area contributed by atoms with Gasteiger partial charge in [-0.2, -0.15) is 0 Å². The lowest BCUT2D eigenvalue weighted by Gasteiger charge is -2.36. The molecule has 0 aromatic heterocycles. The van der Waals surface area contributed by atoms with Gasteiger partial charge in [-0.05, 0) is 45.7 Å². The predicted molar refractivity (Wildman–Crippen MR) is 130 cm³/mol. The van der Waals surface area contributed by atoms with E-state index in [4.69, 9.17) is 14.2 Å². The van der Waals surface area contributed by atoms with Crippen molar-refractivity contribution in [3.05, 3.63) is 84.4 Å². The Bertz CT molecular complexity index is 863. The Morgan fingerprint density at radius 1 is 1.03 bits per heavy atom. The molecule has 5 heteroatoms. The van der Waals surface area contributed by atoms with E-state index in [2.05, 4.69) is 35.7 Å². The summed E-state index contributed by atoms with van der Waals surface area (Å²) in [5, 5.41) is 0. The molecule has 0 radical (unpaired) electrons. The van der Waals surface area contributed by atoms with Crippen LogP contribution in [-0.2, 0) is 32.1 Å². The second kappa shape index (κ2) is 10.6. The van der Waals surface area contributed by atoms with E-state index in [9.17, 15) is 4.79 Å². The molecule has 1 aliphatic heterocycles. The van der Waals surface area contributed by atoms with Gasteiger partial charge in [0.2, 0.25) is 0 Å². The molecule has 5 nitrogen and oxygen atoms in total. The first-order valence-electron chi connectivity index (χ1n) is 11.6. The van der Waals surface area contributed by atoms with Crippen molar-refractivity contribution >= 4 is 5.97 Å². The third-order valence-electron chi connectivity index (χ3n) is 5.50. The fourth-order valence-corrected chi connectivity index (χ4v) is 4.23. The molecule has 2 aromatic rings. The van der Waals surface area contributed by atoms with E-state index in [0.717, 1.165) is 11.1 Å². The van der Waals surface area contributed by atoms with Gasteiger partial charge in [0, 0.05) is 13.1 Å². The van der Waals surface area contributed by atoms with E-state index in [1.807, 2.05) is 71.0 Å². The Morgan fingerprint density at radius 2 is 1.55 bits per heavy atom. The van der Waals surface area contributed by atoms with Crippen molar-refractivity contribution in [3.63, 3.8) is 0 Å². The minimum absolute atomic E-state index is 0.186. The molecular weight excluding hydrogens is 414 g/mol. The van der Waals surface area contributed by atoms with Gasteiger partial charge in [0.25, 0.3) is 0 Å². The second-order valence-corrected chi connectivity index (χ2v) is 10.0. The van der Waals surface area contributed by atoms with Crippen LogP contribution in [0.4, 0.5) is 0 Å². The summed E-state index contributed by atoms with van der Waals surface area (Å²) in [7, 11) is 0. The Morgan fingerprint density at radius 3 is 2.00 bits per heavy atom. The molecule has 0 bridgehead atoms. The van der Waals surface area contributed by atoms with Gasteiger partial charge in [-0.25, -0.2) is 0 Å². The number of benzene rings is 2. The highest BCUT2D eigenvalue weighted by Crippen LogP contribution is 2.34. The summed E-state index contributed by atoms with van der Waals surface area (Å²) in [6.45, 7) is 14.7. The highest BCUT2D eigenvalue weighted by molar-refractivity contribution is 5.70. The van der Waals surface area contributed by atoms with E-state index >= 15 is 0 Å². The van der Waals surface area contributed by atoms with Crippen LogP contribution in [0.2, 0.25) is 0 Å². The Labute approximate surface area is 198 Å². The largest absolute Gasteiger partial charge is 0.460 e. The lowest BCUT2D eigenvalue weighted by Crippen LogP contribution is -2.48. The molecule has 1 aliphatic rings. The second-order valence-electron chi connectivity index (χ2n) is 10.0. The molecule has 0 amide bonds. The van der Waals surface area contributed by atoms with Gasteiger partial charge >= 0.3 is 5.97 Å². The summed E-state index contributed by atoms with van der Waals surface area (Å²) < 4.78 is 18.2. The summed E-state index contributed by atoms with van der Waals surface area (Å²) in [4.78, 5) is 15.3. The van der Waals surface area contributed by atoms with Crippen molar-refractivity contribution in [1.82, 2.24) is 4.90 Å². The maximum atomic E-state index is 13.0. The van der Waals surface area contributed by atoms with E-state index in [0.29, 0.717) is 13.1 Å². The van der Waals surface area contributed by atoms with Gasteiger partial charge in [-0.15, -0.1) is 6.58 Å². The number of rotatable bonds is 9. The molecule has 2 aromatic carbocycles. The van der Waals surface area contributed by atoms with Gasteiger partial charge in [0.1, 0.15) is 17.8 Å². The zero-order valence-electron chi connectivity index (χ0n) is 20.5. The number of ether oxygens (including phenoxy) is 3. The van der Waals surface area contributed by atoms with Gasteiger partial charge in [-0.1, -0.05) is 66.7 Å². The molecule has 3 rings (SSSR count). The molecule has 0 unspecified atom stereocenters. The Kier molecular flexibility index (Phi) is 8.11. The van der Waals surface area contributed by atoms with Crippen molar-refractivity contribution in [2.24, 2.45) is 0 Å². The predicted octanol–water partition coefficient (Wildman–Crippen LogP) is 5.50. The van der Waals surface area contributed by atoms with Gasteiger partial charge in [0.05, 0.1) is 12.5 Å². The van der Waals surface area contributed by atoms with Crippen molar-refractivity contribution in [2.45, 2.75) is 83.8 Å². The Hall–Kier alpha value is -2.47. The fourth-order valence-electron chi connectivity index (χ4n) is 4.23. The molecule has 33 heavy (non-hydrogen) atoms. The van der Waals surface area contributed by atoms with Crippen LogP contribution in [0, 0.1) is 0 Å². The SMILES string of the molecule is C=C[C@H]1OC(C)(C)O[C@@H]1[C@@H](CC(=O)OC(C)(C)C)N(Cc1ccccc1)Cc1ccccc1. The third kappa shape index (κ3) is 7.53. The van der Waals surface area contributed by atoms with Gasteiger partial charge in [-0.3, -0.25) is 9.69 Å². The fraction of sp³-hybridized carbons (Fsp3) is 0.464. The maximum Gasteiger partial charge on any atom is 0.308 e. The van der Waals surface area contributed by atoms with Crippen LogP contribution in [-0.4, -0.2) is 40.5 Å². The van der Waals surface area contributed by atoms with Crippen LogP contribution in [0.1, 0.15) is 52.2 Å². The number of nitrogens with zero attached hydrogens (tertiary/aromatic N) is 1. The number of esters is 1. The van der Waals surface area contributed by atoms with Gasteiger partial charge in [0.15, 0.2) is 5.79 Å². The monoisotopic (exact) mass is 451 g/mol. The number of carbonyl (C=O) groups excluding carboxylic acids is 1. The standard InChI is InChI=1S/C28H37NO4/c1-7-24-26(33-28(5,6)31-24)23(18-25(30)32-27(2,3)4)29(19-21-14-10-8-11-15-21)20-22-16-12-9-13-17-22/h7-17,23-24,26H,1,18-20H2,2-6H3/t23-,24-,26-/m1/s1. The van der Waals surface area contributed by atoms with Crippen LogP contribution in [0.15, 0.2) is 73.3 Å². The van der Waals surface area contributed by atoms with Gasteiger partial charge < -0.3 is 14.2 Å². The van der Waals surface area contributed by atoms with E-state index < -0.39 is 11.4 Å². The first-order valence-corrected chi connectivity index (χ1v) is 11.6. The molecular formula is C28H37NO4. The topological polar surface area (TPSA) is 48.0 Å². The van der Waals surface area contributed by atoms with E-state index in [1.165, 1.54) is 0 Å². The summed E-state index contributed by atoms with van der Waals surface area (Å²) in [5.74, 6) is -1.02. The first kappa shape index (κ1) is 25.2. The normalized spacial score (nSPS) is 21.0. The van der Waals surface area contributed by atoms with Crippen LogP contribution >= 0.6 is 0 Å². The third-order valence-corrected chi connectivity index (χ3v) is 5.50. The van der Waals surface area contributed by atoms with E-state index in [1.54, 1.807) is 6.08 Å². The van der Waals surface area contributed by atoms with Crippen LogP contribution in [0.3, 0.4) is 0 Å². The molecule has 0 saturated carbocycles. The molecule has 0 N–H and O–H groups in total. The van der Waals surface area contributed by atoms with Crippen molar-refractivity contribution < 1.29 is 19.0 Å². The van der Waals surface area contributed by atoms with Crippen molar-refractivity contribution in [3.8, 4) is 0 Å². The van der Waals surface area contributed by atoms with Crippen LogP contribution in [0.5, 0.6) is 0 Å². The highest BCUT2D eigenvalue weighted by atomic mass is 16.8. The zero-order chi connectivity index (χ0) is 24.1. The average Bonchev–Trinajstić information content (AvgIpc) is 3.06. The lowest BCUT2D eigenvalue weighted by molar-refractivity contribution is -0.164. The number of hydrogen-bond acceptors (Lipinski definition) is 5. The molecule has 1 fully saturated rings. The minimum atomic E-state index is -0.763. The quantitative estimate of drug-likeness (QED) is 0.372. The average molecular weight is 452 g/mol. The minimum Gasteiger partial charge on any atom is -0.460 e. The molecule has 178 valence electrons. The van der Waals surface area contributed by atoms with Crippen molar-refractivity contribution in [1.29, 1.82) is 0 Å². The smallest absolute Gasteiger partial charge is 0.308 e. The van der Waals surface area contributed by atoms with Crippen LogP contribution in [0.25, 0.3) is 0 Å². The summed E-state index contributed by atoms with van der Waals surface area (Å²) >= 11 is 0. The van der Waals surface area contributed by atoms with Crippen LogP contribution < -0.4 is 0 Å². The molecule has 1 saturated heterocycles. The Balaban J connectivity index is 1.97. The lowest BCUT2D eigenvalue weighted by atomic mass is 9.98. The highest BCUT2D eigenvalue weighted by Gasteiger charge is 2.46. The van der Waals surface area contributed by atoms with E-state index in [-0.39, 0.29) is 30.6 Å².